The zero-order valence-corrected chi connectivity index (χ0v) is 15.2. The number of amides is 2. The lowest BCUT2D eigenvalue weighted by Gasteiger charge is -2.10. The quantitative estimate of drug-likeness (QED) is 0.682. The number of aromatic nitrogens is 2. The Hall–Kier alpha value is -3.06. The molecule has 0 aliphatic carbocycles. The number of anilines is 1. The van der Waals surface area contributed by atoms with Gasteiger partial charge in [0, 0.05) is 30.2 Å². The summed E-state index contributed by atoms with van der Waals surface area (Å²) < 4.78 is 0. The van der Waals surface area contributed by atoms with Crippen molar-refractivity contribution in [3.05, 3.63) is 66.4 Å². The van der Waals surface area contributed by atoms with E-state index in [1.54, 1.807) is 38.4 Å². The molecule has 0 radical (unpaired) electrons. The fraction of sp³-hybridized carbons (Fsp3) is 0.105. The normalized spacial score (nSPS) is 10.4. The van der Waals surface area contributed by atoms with Crippen LogP contribution in [0.1, 0.15) is 10.4 Å². The minimum Gasteiger partial charge on any atom is -0.339 e. The maximum absolute atomic E-state index is 12.6. The van der Waals surface area contributed by atoms with Crippen LogP contribution in [0.15, 0.2) is 65.7 Å². The Kier molecular flexibility index (Phi) is 5.38. The van der Waals surface area contributed by atoms with E-state index < -0.39 is 0 Å². The molecule has 0 bridgehead atoms. The highest BCUT2D eigenvalue weighted by molar-refractivity contribution is 8.13. The number of rotatable bonds is 4. The molecule has 0 aliphatic heterocycles. The van der Waals surface area contributed by atoms with Crippen molar-refractivity contribution in [2.75, 3.05) is 19.4 Å². The van der Waals surface area contributed by atoms with Crippen molar-refractivity contribution in [3.63, 3.8) is 0 Å². The Morgan fingerprint density at radius 3 is 2.38 bits per heavy atom. The number of H-pyrrole nitrogens is 1. The number of hydrogen-bond donors (Lipinski definition) is 2. The van der Waals surface area contributed by atoms with E-state index in [4.69, 9.17) is 0 Å². The van der Waals surface area contributed by atoms with Crippen molar-refractivity contribution in [1.29, 1.82) is 0 Å². The van der Waals surface area contributed by atoms with Crippen molar-refractivity contribution in [2.45, 2.75) is 4.90 Å². The average molecular weight is 366 g/mol. The molecule has 3 aromatic rings. The zero-order valence-electron chi connectivity index (χ0n) is 14.4. The highest BCUT2D eigenvalue weighted by Crippen LogP contribution is 2.24. The summed E-state index contributed by atoms with van der Waals surface area (Å²) in [7, 11) is 3.41. The molecular weight excluding hydrogens is 348 g/mol. The van der Waals surface area contributed by atoms with Gasteiger partial charge in [0.05, 0.1) is 17.5 Å². The molecule has 1 aromatic heterocycles. The predicted molar refractivity (Wildman–Crippen MR) is 103 cm³/mol. The summed E-state index contributed by atoms with van der Waals surface area (Å²) in [5, 5.41) is 9.67. The van der Waals surface area contributed by atoms with Gasteiger partial charge >= 0.3 is 0 Å². The molecule has 1 heterocycles. The molecular formula is C19H18N4O2S. The number of nitrogens with zero attached hydrogens (tertiary/aromatic N) is 2. The molecule has 0 fully saturated rings. The number of carbonyl (C=O) groups is 2. The lowest BCUT2D eigenvalue weighted by Crippen LogP contribution is -2.16. The molecule has 0 spiro atoms. The third-order valence-electron chi connectivity index (χ3n) is 3.63. The van der Waals surface area contributed by atoms with Crippen molar-refractivity contribution >= 4 is 28.6 Å². The van der Waals surface area contributed by atoms with Gasteiger partial charge in [-0.1, -0.05) is 30.3 Å². The van der Waals surface area contributed by atoms with E-state index in [0.29, 0.717) is 16.9 Å². The molecule has 6 nitrogen and oxygen atoms in total. The fourth-order valence-electron chi connectivity index (χ4n) is 2.28. The number of carbonyl (C=O) groups excluding carboxylic acids is 2. The first-order chi connectivity index (χ1) is 12.5. The molecule has 7 heteroatoms. The maximum Gasteiger partial charge on any atom is 0.285 e. The molecule has 0 unspecified atom stereocenters. The van der Waals surface area contributed by atoms with Gasteiger partial charge in [-0.05, 0) is 36.0 Å². The van der Waals surface area contributed by atoms with E-state index in [-0.39, 0.29) is 11.1 Å². The van der Waals surface area contributed by atoms with E-state index in [1.165, 1.54) is 11.1 Å². The number of thioether (sulfide) groups is 1. The molecule has 132 valence electrons. The van der Waals surface area contributed by atoms with Crippen molar-refractivity contribution < 1.29 is 9.59 Å². The Labute approximate surface area is 155 Å². The van der Waals surface area contributed by atoms with Crippen LogP contribution in [0.3, 0.4) is 0 Å². The van der Waals surface area contributed by atoms with Gasteiger partial charge in [-0.2, -0.15) is 5.10 Å². The minimum atomic E-state index is -0.248. The summed E-state index contributed by atoms with van der Waals surface area (Å²) in [6.07, 6.45) is 1.51. The van der Waals surface area contributed by atoms with Crippen LogP contribution in [0.2, 0.25) is 0 Å². The first-order valence-electron chi connectivity index (χ1n) is 7.94. The second-order valence-corrected chi connectivity index (χ2v) is 6.79. The van der Waals surface area contributed by atoms with E-state index in [9.17, 15) is 9.59 Å². The Bertz CT molecular complexity index is 905. The van der Waals surface area contributed by atoms with Crippen LogP contribution in [-0.2, 0) is 0 Å². The van der Waals surface area contributed by atoms with Gasteiger partial charge in [0.1, 0.15) is 0 Å². The number of hydrogen-bond acceptors (Lipinski definition) is 4. The molecule has 26 heavy (non-hydrogen) atoms. The van der Waals surface area contributed by atoms with Gasteiger partial charge in [0.2, 0.25) is 0 Å². The van der Waals surface area contributed by atoms with E-state index in [0.717, 1.165) is 22.2 Å². The Morgan fingerprint density at radius 1 is 1.04 bits per heavy atom. The molecule has 0 aliphatic rings. The van der Waals surface area contributed by atoms with Crippen LogP contribution in [0.5, 0.6) is 0 Å². The lowest BCUT2D eigenvalue weighted by molar-refractivity contribution is 0.102. The van der Waals surface area contributed by atoms with Crippen molar-refractivity contribution in [1.82, 2.24) is 15.1 Å². The van der Waals surface area contributed by atoms with Crippen LogP contribution in [0.4, 0.5) is 10.5 Å². The van der Waals surface area contributed by atoms with Crippen LogP contribution in [0.25, 0.3) is 11.3 Å². The van der Waals surface area contributed by atoms with Crippen LogP contribution >= 0.6 is 11.8 Å². The standard InChI is InChI=1S/C19H18N4O2S/c1-23(2)19(25)26-15-10-8-14(9-11-15)21-18(24)16-12-20-22-17(16)13-6-4-3-5-7-13/h3-12H,1-2H3,(H,20,22)(H,21,24). The monoisotopic (exact) mass is 366 g/mol. The number of benzene rings is 2. The number of nitrogens with one attached hydrogen (secondary N) is 2. The summed E-state index contributed by atoms with van der Waals surface area (Å²) in [5.74, 6) is -0.248. The first-order valence-corrected chi connectivity index (χ1v) is 8.75. The van der Waals surface area contributed by atoms with Crippen LogP contribution < -0.4 is 5.32 Å². The second kappa shape index (κ2) is 7.88. The first kappa shape index (κ1) is 17.8. The van der Waals surface area contributed by atoms with Crippen molar-refractivity contribution in [3.8, 4) is 11.3 Å². The molecule has 2 aromatic carbocycles. The number of aromatic amines is 1. The second-order valence-electron chi connectivity index (χ2n) is 5.77. The molecule has 2 N–H and O–H groups in total. The van der Waals surface area contributed by atoms with Gasteiger partial charge in [0.25, 0.3) is 11.1 Å². The fourth-order valence-corrected chi connectivity index (χ4v) is 2.94. The summed E-state index contributed by atoms with van der Waals surface area (Å²) in [6.45, 7) is 0. The minimum absolute atomic E-state index is 0.0484. The molecule has 0 saturated carbocycles. The smallest absolute Gasteiger partial charge is 0.285 e. The highest BCUT2D eigenvalue weighted by atomic mass is 32.2. The summed E-state index contributed by atoms with van der Waals surface area (Å²) in [4.78, 5) is 26.6. The summed E-state index contributed by atoms with van der Waals surface area (Å²) in [6, 6.07) is 16.7. The van der Waals surface area contributed by atoms with Gasteiger partial charge in [-0.25, -0.2) is 0 Å². The summed E-state index contributed by atoms with van der Waals surface area (Å²) in [5.41, 5.74) is 2.69. The third-order valence-corrected chi connectivity index (χ3v) is 4.68. The molecule has 3 rings (SSSR count). The van der Waals surface area contributed by atoms with Crippen LogP contribution in [0, 0.1) is 0 Å². The van der Waals surface area contributed by atoms with Gasteiger partial charge in [0.15, 0.2) is 0 Å². The van der Waals surface area contributed by atoms with Crippen molar-refractivity contribution in [2.24, 2.45) is 0 Å². The van der Waals surface area contributed by atoms with E-state index >= 15 is 0 Å². The van der Waals surface area contributed by atoms with Gasteiger partial charge < -0.3 is 10.2 Å². The zero-order chi connectivity index (χ0) is 18.5. The molecule has 0 atom stereocenters. The van der Waals surface area contributed by atoms with Gasteiger partial charge in [-0.3, -0.25) is 14.7 Å². The predicted octanol–water partition coefficient (Wildman–Crippen LogP) is 4.10. The molecule has 2 amide bonds. The third kappa shape index (κ3) is 4.12. The van der Waals surface area contributed by atoms with E-state index in [2.05, 4.69) is 15.5 Å². The SMILES string of the molecule is CN(C)C(=O)Sc1ccc(NC(=O)c2cn[nH]c2-c2ccccc2)cc1. The Morgan fingerprint density at radius 2 is 1.73 bits per heavy atom. The van der Waals surface area contributed by atoms with Crippen LogP contribution in [-0.4, -0.2) is 40.3 Å². The lowest BCUT2D eigenvalue weighted by atomic mass is 10.1. The maximum atomic E-state index is 12.6. The van der Waals surface area contributed by atoms with Gasteiger partial charge in [-0.15, -0.1) is 0 Å². The molecule has 0 saturated heterocycles. The Balaban J connectivity index is 1.71. The average Bonchev–Trinajstić information content (AvgIpc) is 3.14. The largest absolute Gasteiger partial charge is 0.339 e. The topological polar surface area (TPSA) is 78.1 Å². The van der Waals surface area contributed by atoms with E-state index in [1.807, 2.05) is 30.3 Å². The highest BCUT2D eigenvalue weighted by Gasteiger charge is 2.15. The summed E-state index contributed by atoms with van der Waals surface area (Å²) >= 11 is 1.14.